The first-order valence-electron chi connectivity index (χ1n) is 12.4. The maximum atomic E-state index is 6.23. The first-order valence-corrected chi connectivity index (χ1v) is 12.8. The van der Waals surface area contributed by atoms with E-state index < -0.39 is 0 Å². The van der Waals surface area contributed by atoms with Crippen molar-refractivity contribution in [3.8, 4) is 22.3 Å². The van der Waals surface area contributed by atoms with Crippen molar-refractivity contribution in [3.63, 3.8) is 0 Å². The highest BCUT2D eigenvalue weighted by molar-refractivity contribution is 6.30. The van der Waals surface area contributed by atoms with Crippen LogP contribution in [0.5, 0.6) is 0 Å². The van der Waals surface area contributed by atoms with Crippen molar-refractivity contribution in [1.82, 2.24) is 19.8 Å². The van der Waals surface area contributed by atoms with E-state index in [1.807, 2.05) is 30.6 Å². The van der Waals surface area contributed by atoms with Crippen molar-refractivity contribution in [3.05, 3.63) is 77.6 Å². The maximum absolute atomic E-state index is 6.23. The molecule has 1 N–H and O–H groups in total. The summed E-state index contributed by atoms with van der Waals surface area (Å²) in [6.07, 6.45) is 4.26. The molecule has 1 fully saturated rings. The Kier molecular flexibility index (Phi) is 7.49. The Bertz CT molecular complexity index is 1260. The van der Waals surface area contributed by atoms with Gasteiger partial charge in [0.2, 0.25) is 0 Å². The SMILES string of the molecule is CC(C)OCCN1CCN(Cc2ccc(-c3cnc4[nH]cc(-c5cccc(Cl)c5)c4c3)cc2)CC1. The minimum Gasteiger partial charge on any atom is -0.377 e. The number of benzene rings is 2. The molecule has 0 unspecified atom stereocenters. The van der Waals surface area contributed by atoms with Gasteiger partial charge in [-0.15, -0.1) is 0 Å². The Balaban J connectivity index is 1.23. The highest BCUT2D eigenvalue weighted by atomic mass is 35.5. The van der Waals surface area contributed by atoms with Gasteiger partial charge in [-0.05, 0) is 48.7 Å². The molecule has 0 amide bonds. The second kappa shape index (κ2) is 10.9. The van der Waals surface area contributed by atoms with Gasteiger partial charge in [-0.25, -0.2) is 4.98 Å². The summed E-state index contributed by atoms with van der Waals surface area (Å²) in [6, 6.07) is 19.1. The molecule has 0 saturated carbocycles. The fourth-order valence-electron chi connectivity index (χ4n) is 4.71. The minimum absolute atomic E-state index is 0.310. The molecule has 2 aromatic heterocycles. The molecule has 5 nitrogen and oxygen atoms in total. The second-order valence-corrected chi connectivity index (χ2v) is 10.0. The van der Waals surface area contributed by atoms with Crippen molar-refractivity contribution in [2.45, 2.75) is 26.5 Å². The summed E-state index contributed by atoms with van der Waals surface area (Å²) in [7, 11) is 0. The quantitative estimate of drug-likeness (QED) is 0.326. The predicted molar refractivity (Wildman–Crippen MR) is 145 cm³/mol. The van der Waals surface area contributed by atoms with E-state index in [-0.39, 0.29) is 0 Å². The lowest BCUT2D eigenvalue weighted by Gasteiger charge is -2.34. The van der Waals surface area contributed by atoms with Crippen LogP contribution in [0.15, 0.2) is 67.0 Å². The van der Waals surface area contributed by atoms with Crippen molar-refractivity contribution in [2.75, 3.05) is 39.3 Å². The van der Waals surface area contributed by atoms with Crippen LogP contribution in [0, 0.1) is 0 Å². The van der Waals surface area contributed by atoms with Gasteiger partial charge in [-0.3, -0.25) is 9.80 Å². The van der Waals surface area contributed by atoms with E-state index >= 15 is 0 Å². The lowest BCUT2D eigenvalue weighted by molar-refractivity contribution is 0.0437. The Morgan fingerprint density at radius 2 is 1.71 bits per heavy atom. The monoisotopic (exact) mass is 488 g/mol. The summed E-state index contributed by atoms with van der Waals surface area (Å²) in [5.74, 6) is 0. The molecular weight excluding hydrogens is 456 g/mol. The number of aromatic amines is 1. The lowest BCUT2D eigenvalue weighted by Crippen LogP contribution is -2.46. The van der Waals surface area contributed by atoms with E-state index in [1.54, 1.807) is 0 Å². The molecule has 1 saturated heterocycles. The number of ether oxygens (including phenoxy) is 1. The van der Waals surface area contributed by atoms with Gasteiger partial charge in [0.1, 0.15) is 5.65 Å². The van der Waals surface area contributed by atoms with Crippen LogP contribution in [0.1, 0.15) is 19.4 Å². The van der Waals surface area contributed by atoms with Crippen LogP contribution in [0.3, 0.4) is 0 Å². The van der Waals surface area contributed by atoms with Gasteiger partial charge in [0.15, 0.2) is 0 Å². The third-order valence-electron chi connectivity index (χ3n) is 6.68. The van der Waals surface area contributed by atoms with E-state index in [1.165, 1.54) is 11.1 Å². The Hall–Kier alpha value is -2.70. The number of hydrogen-bond donors (Lipinski definition) is 1. The zero-order valence-corrected chi connectivity index (χ0v) is 21.3. The summed E-state index contributed by atoms with van der Waals surface area (Å²) >= 11 is 6.23. The van der Waals surface area contributed by atoms with E-state index in [2.05, 4.69) is 70.0 Å². The number of H-pyrrole nitrogens is 1. The molecule has 3 heterocycles. The molecule has 1 aliphatic heterocycles. The number of piperazine rings is 1. The van der Waals surface area contributed by atoms with Crippen molar-refractivity contribution in [1.29, 1.82) is 0 Å². The van der Waals surface area contributed by atoms with Crippen LogP contribution in [0.25, 0.3) is 33.3 Å². The smallest absolute Gasteiger partial charge is 0.137 e. The summed E-state index contributed by atoms with van der Waals surface area (Å²) in [6.45, 7) is 11.4. The van der Waals surface area contributed by atoms with Gasteiger partial charge in [0.05, 0.1) is 12.7 Å². The summed E-state index contributed by atoms with van der Waals surface area (Å²) in [5, 5.41) is 1.84. The first kappa shape index (κ1) is 24.0. The van der Waals surface area contributed by atoms with Gasteiger partial charge in [0.25, 0.3) is 0 Å². The van der Waals surface area contributed by atoms with Crippen LogP contribution in [0.2, 0.25) is 5.02 Å². The predicted octanol–water partition coefficient (Wildman–Crippen LogP) is 6.09. The third kappa shape index (κ3) is 5.93. The average molecular weight is 489 g/mol. The molecule has 2 aromatic carbocycles. The molecule has 182 valence electrons. The van der Waals surface area contributed by atoms with E-state index in [0.717, 1.165) is 78.6 Å². The van der Waals surface area contributed by atoms with E-state index in [9.17, 15) is 0 Å². The molecule has 0 aliphatic carbocycles. The number of halogens is 1. The Morgan fingerprint density at radius 3 is 2.46 bits per heavy atom. The van der Waals surface area contributed by atoms with Crippen LogP contribution in [-0.4, -0.2) is 65.2 Å². The third-order valence-corrected chi connectivity index (χ3v) is 6.92. The van der Waals surface area contributed by atoms with Crippen LogP contribution in [0.4, 0.5) is 0 Å². The molecule has 5 rings (SSSR count). The first-order chi connectivity index (χ1) is 17.0. The standard InChI is InChI=1S/C29H33ClN4O/c1-21(2)35-15-14-33-10-12-34(13-11-33)20-22-6-8-23(9-7-22)25-17-27-28(19-32-29(27)31-18-25)24-4-3-5-26(30)16-24/h3-9,16-19,21H,10-15,20H2,1-2H3,(H,31,32). The van der Waals surface area contributed by atoms with E-state index in [4.69, 9.17) is 16.3 Å². The topological polar surface area (TPSA) is 44.4 Å². The molecule has 0 bridgehead atoms. The number of hydrogen-bond acceptors (Lipinski definition) is 4. The molecule has 35 heavy (non-hydrogen) atoms. The zero-order valence-electron chi connectivity index (χ0n) is 20.5. The molecule has 4 aromatic rings. The highest BCUT2D eigenvalue weighted by Crippen LogP contribution is 2.32. The van der Waals surface area contributed by atoms with Gasteiger partial charge in [0, 0.05) is 73.2 Å². The molecule has 6 heteroatoms. The van der Waals surface area contributed by atoms with Gasteiger partial charge >= 0.3 is 0 Å². The maximum Gasteiger partial charge on any atom is 0.137 e. The molecule has 0 radical (unpaired) electrons. The zero-order chi connectivity index (χ0) is 24.2. The van der Waals surface area contributed by atoms with Crippen molar-refractivity contribution in [2.24, 2.45) is 0 Å². The normalized spacial score (nSPS) is 15.3. The number of aromatic nitrogens is 2. The number of nitrogens with zero attached hydrogens (tertiary/aromatic N) is 3. The van der Waals surface area contributed by atoms with Crippen molar-refractivity contribution >= 4 is 22.6 Å². The molecular formula is C29H33ClN4O. The van der Waals surface area contributed by atoms with Gasteiger partial charge in [-0.1, -0.05) is 48.0 Å². The van der Waals surface area contributed by atoms with Crippen LogP contribution >= 0.6 is 11.6 Å². The average Bonchev–Trinajstić information content (AvgIpc) is 3.29. The van der Waals surface area contributed by atoms with Gasteiger partial charge < -0.3 is 9.72 Å². The fourth-order valence-corrected chi connectivity index (χ4v) is 4.90. The summed E-state index contributed by atoms with van der Waals surface area (Å²) in [5.41, 5.74) is 6.73. The molecule has 1 aliphatic rings. The van der Waals surface area contributed by atoms with E-state index in [0.29, 0.717) is 6.10 Å². The van der Waals surface area contributed by atoms with Gasteiger partial charge in [-0.2, -0.15) is 0 Å². The number of pyridine rings is 1. The number of fused-ring (bicyclic) bond motifs is 1. The Morgan fingerprint density at radius 1 is 0.943 bits per heavy atom. The van der Waals surface area contributed by atoms with Crippen LogP contribution < -0.4 is 0 Å². The van der Waals surface area contributed by atoms with Crippen molar-refractivity contribution < 1.29 is 4.74 Å². The minimum atomic E-state index is 0.310. The molecule has 0 atom stereocenters. The highest BCUT2D eigenvalue weighted by Gasteiger charge is 2.17. The number of nitrogens with one attached hydrogen (secondary N) is 1. The molecule has 0 spiro atoms. The lowest BCUT2D eigenvalue weighted by atomic mass is 10.0. The fraction of sp³-hybridized carbons (Fsp3) is 0.345. The summed E-state index contributed by atoms with van der Waals surface area (Å²) in [4.78, 5) is 13.0. The number of rotatable bonds is 8. The second-order valence-electron chi connectivity index (χ2n) is 9.57. The Labute approximate surface area is 212 Å². The van der Waals surface area contributed by atoms with Crippen LogP contribution in [-0.2, 0) is 11.3 Å². The summed E-state index contributed by atoms with van der Waals surface area (Å²) < 4.78 is 5.70. The largest absolute Gasteiger partial charge is 0.377 e.